The van der Waals surface area contributed by atoms with Crippen LogP contribution < -0.4 is 11.5 Å². The molecule has 3 heteroatoms. The molecule has 0 heterocycles. The molecule has 3 nitrogen and oxygen atoms in total. The number of carbonyl (C=O) groups is 1. The third kappa shape index (κ3) is 2.36. The highest BCUT2D eigenvalue weighted by atomic mass is 16.1. The fourth-order valence-corrected chi connectivity index (χ4v) is 1.07. The Kier molecular flexibility index (Phi) is 2.82. The van der Waals surface area contributed by atoms with Crippen molar-refractivity contribution in [2.45, 2.75) is 13.0 Å². The van der Waals surface area contributed by atoms with Crippen molar-refractivity contribution in [3.63, 3.8) is 0 Å². The highest BCUT2D eigenvalue weighted by molar-refractivity contribution is 5.76. The molecule has 1 amide bonds. The zero-order chi connectivity index (χ0) is 8.97. The Hall–Kier alpha value is -1.35. The molecule has 4 N–H and O–H groups in total. The van der Waals surface area contributed by atoms with E-state index in [-0.39, 0.29) is 12.3 Å². The van der Waals surface area contributed by atoms with Gasteiger partial charge in [0.1, 0.15) is 0 Å². The highest BCUT2D eigenvalue weighted by Gasteiger charge is 1.98. The molecule has 12 heavy (non-hydrogen) atoms. The van der Waals surface area contributed by atoms with Crippen LogP contribution in [0.4, 0.5) is 0 Å². The van der Waals surface area contributed by atoms with Crippen molar-refractivity contribution in [1.29, 1.82) is 0 Å². The summed E-state index contributed by atoms with van der Waals surface area (Å²) >= 11 is 0. The Bertz CT molecular complexity index is 284. The van der Waals surface area contributed by atoms with E-state index < -0.39 is 0 Å². The van der Waals surface area contributed by atoms with Gasteiger partial charge in [0.25, 0.3) is 0 Å². The van der Waals surface area contributed by atoms with Crippen molar-refractivity contribution >= 4 is 5.91 Å². The number of nitrogens with two attached hydrogens (primary N) is 2. The minimum absolute atomic E-state index is 0.286. The molecule has 0 spiro atoms. The van der Waals surface area contributed by atoms with Crippen molar-refractivity contribution < 1.29 is 4.79 Å². The normalized spacial score (nSPS) is 9.75. The maximum atomic E-state index is 10.6. The van der Waals surface area contributed by atoms with E-state index in [0.29, 0.717) is 6.54 Å². The Morgan fingerprint density at radius 1 is 1.33 bits per heavy atom. The number of carbonyl (C=O) groups excluding carboxylic acids is 1. The van der Waals surface area contributed by atoms with E-state index >= 15 is 0 Å². The first-order chi connectivity index (χ1) is 5.72. The molecule has 0 saturated heterocycles. The predicted octanol–water partition coefficient (Wildman–Crippen LogP) is 0.173. The number of primary amides is 1. The summed E-state index contributed by atoms with van der Waals surface area (Å²) in [7, 11) is 0. The van der Waals surface area contributed by atoms with Gasteiger partial charge in [0, 0.05) is 6.54 Å². The number of amides is 1. The molecule has 0 aliphatic rings. The molecule has 1 aromatic carbocycles. The quantitative estimate of drug-likeness (QED) is 0.668. The summed E-state index contributed by atoms with van der Waals surface area (Å²) in [5.41, 5.74) is 12.4. The molecular weight excluding hydrogens is 152 g/mol. The van der Waals surface area contributed by atoms with Crippen LogP contribution in [-0.4, -0.2) is 5.91 Å². The van der Waals surface area contributed by atoms with Crippen LogP contribution in [0.2, 0.25) is 0 Å². The first kappa shape index (κ1) is 8.74. The fourth-order valence-electron chi connectivity index (χ4n) is 1.07. The molecule has 0 aromatic heterocycles. The topological polar surface area (TPSA) is 69.1 Å². The third-order valence-electron chi connectivity index (χ3n) is 1.61. The standard InChI is InChI=1S/C9H12N2O/c10-6-8-3-1-2-7(4-8)5-9(11)12/h1-4H,5-6,10H2,(H2,11,12). The van der Waals surface area contributed by atoms with Crippen LogP contribution in [0.15, 0.2) is 24.3 Å². The monoisotopic (exact) mass is 164 g/mol. The van der Waals surface area contributed by atoms with Gasteiger partial charge in [-0.1, -0.05) is 24.3 Å². The largest absolute Gasteiger partial charge is 0.369 e. The summed E-state index contributed by atoms with van der Waals surface area (Å²) in [6.45, 7) is 0.493. The average molecular weight is 164 g/mol. The molecule has 1 aromatic rings. The lowest BCUT2D eigenvalue weighted by Crippen LogP contribution is -2.13. The summed E-state index contributed by atoms with van der Waals surface area (Å²) in [5.74, 6) is -0.316. The maximum absolute atomic E-state index is 10.6. The van der Waals surface area contributed by atoms with E-state index in [1.807, 2.05) is 24.3 Å². The van der Waals surface area contributed by atoms with Crippen LogP contribution in [0.25, 0.3) is 0 Å². The van der Waals surface area contributed by atoms with Crippen molar-refractivity contribution in [3.8, 4) is 0 Å². The van der Waals surface area contributed by atoms with Crippen LogP contribution in [0.5, 0.6) is 0 Å². The molecule has 0 aliphatic heterocycles. The first-order valence-electron chi connectivity index (χ1n) is 3.78. The van der Waals surface area contributed by atoms with Gasteiger partial charge in [-0.25, -0.2) is 0 Å². The number of rotatable bonds is 3. The van der Waals surface area contributed by atoms with Gasteiger partial charge < -0.3 is 11.5 Å². The highest BCUT2D eigenvalue weighted by Crippen LogP contribution is 2.04. The second kappa shape index (κ2) is 3.88. The van der Waals surface area contributed by atoms with Crippen LogP contribution >= 0.6 is 0 Å². The second-order valence-corrected chi connectivity index (χ2v) is 2.67. The zero-order valence-electron chi connectivity index (χ0n) is 6.79. The van der Waals surface area contributed by atoms with Crippen molar-refractivity contribution in [1.82, 2.24) is 0 Å². The summed E-state index contributed by atoms with van der Waals surface area (Å²) in [6.07, 6.45) is 0.286. The molecule has 0 saturated carbocycles. The molecule has 0 radical (unpaired) electrons. The molecule has 0 bridgehead atoms. The van der Waals surface area contributed by atoms with Crippen LogP contribution in [0.1, 0.15) is 11.1 Å². The first-order valence-corrected chi connectivity index (χ1v) is 3.78. The van der Waals surface area contributed by atoms with Gasteiger partial charge in [-0.15, -0.1) is 0 Å². The van der Waals surface area contributed by atoms with Gasteiger partial charge in [0.2, 0.25) is 5.91 Å². The van der Waals surface area contributed by atoms with Crippen molar-refractivity contribution in [3.05, 3.63) is 35.4 Å². The van der Waals surface area contributed by atoms with Gasteiger partial charge in [0.15, 0.2) is 0 Å². The summed E-state index contributed by atoms with van der Waals surface area (Å²) in [6, 6.07) is 7.56. The Labute approximate surface area is 71.4 Å². The number of hydrogen-bond donors (Lipinski definition) is 2. The molecular formula is C9H12N2O. The SMILES string of the molecule is NCc1cccc(CC(N)=O)c1. The molecule has 1 rings (SSSR count). The summed E-state index contributed by atoms with van der Waals surface area (Å²) in [5, 5.41) is 0. The van der Waals surface area contributed by atoms with Gasteiger partial charge in [0.05, 0.1) is 6.42 Å². The van der Waals surface area contributed by atoms with Crippen LogP contribution in [-0.2, 0) is 17.8 Å². The van der Waals surface area contributed by atoms with Crippen LogP contribution in [0.3, 0.4) is 0 Å². The summed E-state index contributed by atoms with van der Waals surface area (Å²) in [4.78, 5) is 10.6. The van der Waals surface area contributed by atoms with E-state index in [1.54, 1.807) is 0 Å². The van der Waals surface area contributed by atoms with E-state index in [4.69, 9.17) is 11.5 Å². The molecule has 0 unspecified atom stereocenters. The smallest absolute Gasteiger partial charge is 0.221 e. The summed E-state index contributed by atoms with van der Waals surface area (Å²) < 4.78 is 0. The number of hydrogen-bond acceptors (Lipinski definition) is 2. The molecule has 0 aliphatic carbocycles. The minimum Gasteiger partial charge on any atom is -0.369 e. The molecule has 0 fully saturated rings. The van der Waals surface area contributed by atoms with E-state index in [2.05, 4.69) is 0 Å². The Balaban J connectivity index is 2.79. The Morgan fingerprint density at radius 2 is 2.00 bits per heavy atom. The van der Waals surface area contributed by atoms with Gasteiger partial charge >= 0.3 is 0 Å². The third-order valence-corrected chi connectivity index (χ3v) is 1.61. The Morgan fingerprint density at radius 3 is 2.58 bits per heavy atom. The van der Waals surface area contributed by atoms with Gasteiger partial charge in [-0.3, -0.25) is 4.79 Å². The van der Waals surface area contributed by atoms with E-state index in [1.165, 1.54) is 0 Å². The van der Waals surface area contributed by atoms with Crippen LogP contribution in [0, 0.1) is 0 Å². The molecule has 64 valence electrons. The lowest BCUT2D eigenvalue weighted by Gasteiger charge is -2.00. The lowest BCUT2D eigenvalue weighted by molar-refractivity contribution is -0.117. The van der Waals surface area contributed by atoms with E-state index in [0.717, 1.165) is 11.1 Å². The van der Waals surface area contributed by atoms with Gasteiger partial charge in [-0.05, 0) is 11.1 Å². The number of benzene rings is 1. The van der Waals surface area contributed by atoms with Crippen molar-refractivity contribution in [2.75, 3.05) is 0 Å². The lowest BCUT2D eigenvalue weighted by atomic mass is 10.1. The van der Waals surface area contributed by atoms with Gasteiger partial charge in [-0.2, -0.15) is 0 Å². The molecule has 0 atom stereocenters. The second-order valence-electron chi connectivity index (χ2n) is 2.67. The van der Waals surface area contributed by atoms with E-state index in [9.17, 15) is 4.79 Å². The maximum Gasteiger partial charge on any atom is 0.221 e. The fraction of sp³-hybridized carbons (Fsp3) is 0.222. The van der Waals surface area contributed by atoms with Crippen molar-refractivity contribution in [2.24, 2.45) is 11.5 Å². The minimum atomic E-state index is -0.316. The predicted molar refractivity (Wildman–Crippen MR) is 47.2 cm³/mol. The zero-order valence-corrected chi connectivity index (χ0v) is 6.79. The average Bonchev–Trinajstić information content (AvgIpc) is 2.03.